The third-order valence-electron chi connectivity index (χ3n) is 3.42. The van der Waals surface area contributed by atoms with Crippen molar-refractivity contribution in [1.29, 1.82) is 0 Å². The maximum atomic E-state index is 6.29. The molecule has 1 aliphatic carbocycles. The molecule has 90 valence electrons. The summed E-state index contributed by atoms with van der Waals surface area (Å²) in [5.74, 6) is 0.624. The fourth-order valence-corrected chi connectivity index (χ4v) is 2.75. The van der Waals surface area contributed by atoms with Gasteiger partial charge >= 0.3 is 0 Å². The zero-order valence-corrected chi connectivity index (χ0v) is 10.9. The number of halogens is 2. The van der Waals surface area contributed by atoms with Crippen LogP contribution in [0.15, 0.2) is 24.3 Å². The Morgan fingerprint density at radius 2 is 1.75 bits per heavy atom. The molecule has 0 aliphatic heterocycles. The molecule has 0 amide bonds. The molecule has 2 rings (SSSR count). The van der Waals surface area contributed by atoms with E-state index in [0.29, 0.717) is 5.92 Å². The van der Waals surface area contributed by atoms with E-state index in [2.05, 4.69) is 6.07 Å². The van der Waals surface area contributed by atoms with Gasteiger partial charge in [0.25, 0.3) is 0 Å². The van der Waals surface area contributed by atoms with Crippen LogP contribution in [0.3, 0.4) is 0 Å². The summed E-state index contributed by atoms with van der Waals surface area (Å²) in [5.41, 5.74) is 7.40. The second kappa shape index (κ2) is 6.48. The quantitative estimate of drug-likeness (QED) is 0.840. The van der Waals surface area contributed by atoms with Crippen molar-refractivity contribution in [1.82, 2.24) is 0 Å². The second-order valence-electron chi connectivity index (χ2n) is 4.45. The minimum absolute atomic E-state index is 0. The van der Waals surface area contributed by atoms with Crippen molar-refractivity contribution in [2.24, 2.45) is 11.7 Å². The highest BCUT2D eigenvalue weighted by atomic mass is 35.5. The summed E-state index contributed by atoms with van der Waals surface area (Å²) < 4.78 is 0. The monoisotopic (exact) mass is 259 g/mol. The highest BCUT2D eigenvalue weighted by Crippen LogP contribution is 2.35. The van der Waals surface area contributed by atoms with Crippen LogP contribution >= 0.6 is 24.0 Å². The number of hydrogen-bond acceptors (Lipinski definition) is 1. The van der Waals surface area contributed by atoms with E-state index < -0.39 is 0 Å². The maximum Gasteiger partial charge on any atom is 0.0453 e. The Morgan fingerprint density at radius 3 is 2.38 bits per heavy atom. The van der Waals surface area contributed by atoms with Crippen LogP contribution in [0, 0.1) is 5.92 Å². The molecule has 0 aromatic heterocycles. The van der Waals surface area contributed by atoms with Crippen molar-refractivity contribution >= 4 is 24.0 Å². The Hall–Kier alpha value is -0.240. The van der Waals surface area contributed by atoms with Gasteiger partial charge in [-0.3, -0.25) is 0 Å². The average Bonchev–Trinajstić information content (AvgIpc) is 2.30. The van der Waals surface area contributed by atoms with Crippen LogP contribution in [-0.2, 0) is 0 Å². The van der Waals surface area contributed by atoms with E-state index in [4.69, 9.17) is 17.3 Å². The van der Waals surface area contributed by atoms with Crippen molar-refractivity contribution in [3.8, 4) is 0 Å². The molecule has 2 N–H and O–H groups in total. The number of nitrogens with two attached hydrogens (primary N) is 1. The lowest BCUT2D eigenvalue weighted by Gasteiger charge is -2.28. The molecular weight excluding hydrogens is 241 g/mol. The zero-order chi connectivity index (χ0) is 10.7. The molecular formula is C13H19Cl2N. The minimum Gasteiger partial charge on any atom is -0.324 e. The normalized spacial score (nSPS) is 18.9. The first-order valence-corrected chi connectivity index (χ1v) is 6.17. The standard InChI is InChI=1S/C13H18ClN.ClH/c14-12-9-5-4-8-11(12)13(15)10-6-2-1-3-7-10;/h4-5,8-10,13H,1-3,6-7,15H2;1H/t13-;/m0./s1. The van der Waals surface area contributed by atoms with Gasteiger partial charge in [0, 0.05) is 11.1 Å². The Morgan fingerprint density at radius 1 is 1.12 bits per heavy atom. The highest BCUT2D eigenvalue weighted by Gasteiger charge is 2.22. The summed E-state index contributed by atoms with van der Waals surface area (Å²) in [6, 6.07) is 8.09. The zero-order valence-electron chi connectivity index (χ0n) is 9.36. The Balaban J connectivity index is 0.00000128. The van der Waals surface area contributed by atoms with Crippen LogP contribution in [0.1, 0.15) is 43.7 Å². The van der Waals surface area contributed by atoms with E-state index in [-0.39, 0.29) is 18.4 Å². The van der Waals surface area contributed by atoms with Crippen LogP contribution in [0.5, 0.6) is 0 Å². The molecule has 16 heavy (non-hydrogen) atoms. The van der Waals surface area contributed by atoms with Gasteiger partial charge in [0.15, 0.2) is 0 Å². The molecule has 0 radical (unpaired) electrons. The molecule has 3 heteroatoms. The van der Waals surface area contributed by atoms with Crippen molar-refractivity contribution in [2.75, 3.05) is 0 Å². The van der Waals surface area contributed by atoms with E-state index in [1.165, 1.54) is 32.1 Å². The third kappa shape index (κ3) is 3.13. The van der Waals surface area contributed by atoms with Crippen molar-refractivity contribution < 1.29 is 0 Å². The fourth-order valence-electron chi connectivity index (χ4n) is 2.49. The van der Waals surface area contributed by atoms with E-state index >= 15 is 0 Å². The van der Waals surface area contributed by atoms with Gasteiger partial charge in [0.2, 0.25) is 0 Å². The van der Waals surface area contributed by atoms with Gasteiger partial charge in [-0.25, -0.2) is 0 Å². The lowest BCUT2D eigenvalue weighted by atomic mass is 9.81. The fraction of sp³-hybridized carbons (Fsp3) is 0.538. The lowest BCUT2D eigenvalue weighted by Crippen LogP contribution is -2.23. The topological polar surface area (TPSA) is 26.0 Å². The Labute approximate surface area is 109 Å². The number of hydrogen-bond donors (Lipinski definition) is 1. The second-order valence-corrected chi connectivity index (χ2v) is 4.85. The summed E-state index contributed by atoms with van der Waals surface area (Å²) in [7, 11) is 0. The van der Waals surface area contributed by atoms with Crippen molar-refractivity contribution in [3.63, 3.8) is 0 Å². The van der Waals surface area contributed by atoms with Gasteiger partial charge in [0.05, 0.1) is 0 Å². The van der Waals surface area contributed by atoms with Gasteiger partial charge in [0.1, 0.15) is 0 Å². The van der Waals surface area contributed by atoms with Crippen molar-refractivity contribution in [2.45, 2.75) is 38.1 Å². The Kier molecular flexibility index (Phi) is 5.60. The van der Waals surface area contributed by atoms with Crippen LogP contribution in [0.2, 0.25) is 5.02 Å². The first-order valence-electron chi connectivity index (χ1n) is 5.79. The molecule has 1 aliphatic rings. The molecule has 0 saturated heterocycles. The number of benzene rings is 1. The molecule has 1 fully saturated rings. The summed E-state index contributed by atoms with van der Waals surface area (Å²) >= 11 is 6.16. The summed E-state index contributed by atoms with van der Waals surface area (Å²) in [6.07, 6.45) is 6.52. The van der Waals surface area contributed by atoms with Gasteiger partial charge in [-0.2, -0.15) is 0 Å². The predicted octanol–water partition coefficient (Wildman–Crippen LogP) is 4.34. The van der Waals surface area contributed by atoms with E-state index in [1.54, 1.807) is 0 Å². The summed E-state index contributed by atoms with van der Waals surface area (Å²) in [6.45, 7) is 0. The summed E-state index contributed by atoms with van der Waals surface area (Å²) in [5, 5.41) is 0.815. The molecule has 1 nitrogen and oxygen atoms in total. The molecule has 0 unspecified atom stereocenters. The highest BCUT2D eigenvalue weighted by molar-refractivity contribution is 6.31. The van der Waals surface area contributed by atoms with Crippen LogP contribution < -0.4 is 5.73 Å². The van der Waals surface area contributed by atoms with Crippen molar-refractivity contribution in [3.05, 3.63) is 34.9 Å². The van der Waals surface area contributed by atoms with Crippen LogP contribution in [-0.4, -0.2) is 0 Å². The molecule has 0 bridgehead atoms. The SMILES string of the molecule is Cl.N[C@H](c1ccccc1Cl)C1CCCCC1. The van der Waals surface area contributed by atoms with E-state index in [1.807, 2.05) is 18.2 Å². The molecule has 0 spiro atoms. The molecule has 1 atom stereocenters. The lowest BCUT2D eigenvalue weighted by molar-refractivity contribution is 0.308. The van der Waals surface area contributed by atoms with Gasteiger partial charge in [-0.1, -0.05) is 49.1 Å². The molecule has 1 aromatic carbocycles. The van der Waals surface area contributed by atoms with Gasteiger partial charge in [-0.15, -0.1) is 12.4 Å². The number of rotatable bonds is 2. The minimum atomic E-state index is 0. The molecule has 0 heterocycles. The average molecular weight is 260 g/mol. The van der Waals surface area contributed by atoms with Gasteiger partial charge < -0.3 is 5.73 Å². The van der Waals surface area contributed by atoms with E-state index in [9.17, 15) is 0 Å². The van der Waals surface area contributed by atoms with Crippen LogP contribution in [0.4, 0.5) is 0 Å². The largest absolute Gasteiger partial charge is 0.324 e. The van der Waals surface area contributed by atoms with Gasteiger partial charge in [-0.05, 0) is 30.4 Å². The Bertz CT molecular complexity index is 321. The summed E-state index contributed by atoms with van der Waals surface area (Å²) in [4.78, 5) is 0. The van der Waals surface area contributed by atoms with E-state index in [0.717, 1.165) is 10.6 Å². The first-order chi connectivity index (χ1) is 7.29. The maximum absolute atomic E-state index is 6.29. The van der Waals surface area contributed by atoms with Crippen LogP contribution in [0.25, 0.3) is 0 Å². The first kappa shape index (κ1) is 13.8. The molecule has 1 aromatic rings. The third-order valence-corrected chi connectivity index (χ3v) is 3.77. The smallest absolute Gasteiger partial charge is 0.0453 e. The molecule has 1 saturated carbocycles. The predicted molar refractivity (Wildman–Crippen MR) is 72.2 cm³/mol.